The fourth-order valence-electron chi connectivity index (χ4n) is 2.76. The van der Waals surface area contributed by atoms with Crippen LogP contribution < -0.4 is 5.32 Å². The van der Waals surface area contributed by atoms with Gasteiger partial charge in [0, 0.05) is 36.3 Å². The molecule has 0 aliphatic rings. The summed E-state index contributed by atoms with van der Waals surface area (Å²) in [6.45, 7) is 5.33. The van der Waals surface area contributed by atoms with E-state index in [1.807, 2.05) is 55.5 Å². The first-order valence-electron chi connectivity index (χ1n) is 8.84. The van der Waals surface area contributed by atoms with Crippen molar-refractivity contribution in [1.29, 1.82) is 0 Å². The summed E-state index contributed by atoms with van der Waals surface area (Å²) in [6, 6.07) is 15.5. The quantitative estimate of drug-likeness (QED) is 0.625. The van der Waals surface area contributed by atoms with Crippen LogP contribution >= 0.6 is 11.6 Å². The summed E-state index contributed by atoms with van der Waals surface area (Å²) in [5.74, 6) is 1.38. The number of carbonyl (C=O) groups excluding carboxylic acids is 1. The lowest BCUT2D eigenvalue weighted by atomic mass is 10.2. The van der Waals surface area contributed by atoms with Crippen molar-refractivity contribution >= 4 is 23.2 Å². The van der Waals surface area contributed by atoms with E-state index in [0.29, 0.717) is 36.3 Å². The van der Waals surface area contributed by atoms with E-state index < -0.39 is 0 Å². The first-order valence-corrected chi connectivity index (χ1v) is 9.22. The van der Waals surface area contributed by atoms with E-state index in [0.717, 1.165) is 16.8 Å². The Kier molecular flexibility index (Phi) is 6.14. The minimum atomic E-state index is 0.0744. The molecule has 140 valence electrons. The summed E-state index contributed by atoms with van der Waals surface area (Å²) in [4.78, 5) is 17.7. The molecule has 0 unspecified atom stereocenters. The Bertz CT molecular complexity index is 906. The topological polar surface area (TPSA) is 58.4 Å². The summed E-state index contributed by atoms with van der Waals surface area (Å²) in [5.41, 5.74) is 2.97. The summed E-state index contributed by atoms with van der Waals surface area (Å²) < 4.78 is 5.81. The summed E-state index contributed by atoms with van der Waals surface area (Å²) >= 11 is 5.91. The molecule has 1 heterocycles. The van der Waals surface area contributed by atoms with E-state index in [9.17, 15) is 4.79 Å². The molecule has 5 nitrogen and oxygen atoms in total. The Balaban J connectivity index is 1.63. The molecule has 0 bridgehead atoms. The average Bonchev–Trinajstić information content (AvgIpc) is 3.14. The molecule has 1 amide bonds. The third-order valence-electron chi connectivity index (χ3n) is 4.25. The molecule has 0 fully saturated rings. The number of hydrogen-bond acceptors (Lipinski definition) is 4. The highest BCUT2D eigenvalue weighted by atomic mass is 35.5. The maximum Gasteiger partial charge on any atom is 0.219 e. The normalized spacial score (nSPS) is 10.6. The van der Waals surface area contributed by atoms with Gasteiger partial charge in [0.15, 0.2) is 5.76 Å². The van der Waals surface area contributed by atoms with Crippen LogP contribution in [-0.4, -0.2) is 22.3 Å². The van der Waals surface area contributed by atoms with Crippen LogP contribution in [0.1, 0.15) is 25.3 Å². The molecule has 0 aliphatic heterocycles. The Morgan fingerprint density at radius 1 is 1.22 bits per heavy atom. The zero-order valence-corrected chi connectivity index (χ0v) is 16.2. The number of amides is 1. The van der Waals surface area contributed by atoms with Gasteiger partial charge in [-0.2, -0.15) is 0 Å². The van der Waals surface area contributed by atoms with Gasteiger partial charge in [0.05, 0.1) is 12.7 Å². The highest BCUT2D eigenvalue weighted by Gasteiger charge is 2.09. The van der Waals surface area contributed by atoms with Crippen molar-refractivity contribution in [2.24, 2.45) is 0 Å². The summed E-state index contributed by atoms with van der Waals surface area (Å²) in [5, 5.41) is 4.00. The lowest BCUT2D eigenvalue weighted by Crippen LogP contribution is -2.27. The van der Waals surface area contributed by atoms with Crippen molar-refractivity contribution in [3.8, 4) is 11.3 Å². The number of oxazole rings is 1. The molecule has 1 N–H and O–H groups in total. The largest absolute Gasteiger partial charge is 0.439 e. The highest BCUT2D eigenvalue weighted by Crippen LogP contribution is 2.23. The second-order valence-corrected chi connectivity index (χ2v) is 6.65. The first kappa shape index (κ1) is 19.0. The summed E-state index contributed by atoms with van der Waals surface area (Å²) in [6.07, 6.45) is 1.71. The van der Waals surface area contributed by atoms with E-state index >= 15 is 0 Å². The van der Waals surface area contributed by atoms with E-state index in [1.54, 1.807) is 18.0 Å². The summed E-state index contributed by atoms with van der Waals surface area (Å²) in [7, 11) is 0. The second-order valence-electron chi connectivity index (χ2n) is 6.21. The standard InChI is InChI=1S/C21H22ClN3O2/c1-3-25(15(2)26)14-16-5-4-6-19(11-16)23-13-21-24-12-20(27-21)17-7-9-18(22)10-8-17/h4-12,23H,3,13-14H2,1-2H3. The lowest BCUT2D eigenvalue weighted by Gasteiger charge is -2.19. The number of hydrogen-bond donors (Lipinski definition) is 1. The molecule has 0 atom stereocenters. The third-order valence-corrected chi connectivity index (χ3v) is 4.51. The Hall–Kier alpha value is -2.79. The highest BCUT2D eigenvalue weighted by molar-refractivity contribution is 6.30. The van der Waals surface area contributed by atoms with Gasteiger partial charge in [-0.3, -0.25) is 4.79 Å². The van der Waals surface area contributed by atoms with Gasteiger partial charge in [0.25, 0.3) is 0 Å². The Morgan fingerprint density at radius 3 is 2.70 bits per heavy atom. The van der Waals surface area contributed by atoms with Crippen LogP contribution in [0.2, 0.25) is 5.02 Å². The van der Waals surface area contributed by atoms with Crippen LogP contribution in [0.5, 0.6) is 0 Å². The number of nitrogens with one attached hydrogen (secondary N) is 1. The van der Waals surface area contributed by atoms with Crippen LogP contribution in [0.15, 0.2) is 59.1 Å². The van der Waals surface area contributed by atoms with Gasteiger partial charge < -0.3 is 14.6 Å². The molecule has 6 heteroatoms. The van der Waals surface area contributed by atoms with E-state index in [1.165, 1.54) is 0 Å². The number of carbonyl (C=O) groups is 1. The van der Waals surface area contributed by atoms with Crippen LogP contribution in [0, 0.1) is 0 Å². The van der Waals surface area contributed by atoms with E-state index in [4.69, 9.17) is 16.0 Å². The maximum absolute atomic E-state index is 11.6. The minimum Gasteiger partial charge on any atom is -0.439 e. The zero-order chi connectivity index (χ0) is 19.2. The first-order chi connectivity index (χ1) is 13.0. The van der Waals surface area contributed by atoms with Gasteiger partial charge in [-0.25, -0.2) is 4.98 Å². The van der Waals surface area contributed by atoms with Gasteiger partial charge in [-0.15, -0.1) is 0 Å². The van der Waals surface area contributed by atoms with Crippen LogP contribution in [-0.2, 0) is 17.9 Å². The van der Waals surface area contributed by atoms with Crippen LogP contribution in [0.4, 0.5) is 5.69 Å². The molecule has 0 aliphatic carbocycles. The number of nitrogens with zero attached hydrogens (tertiary/aromatic N) is 2. The fraction of sp³-hybridized carbons (Fsp3) is 0.238. The van der Waals surface area contributed by atoms with Crippen LogP contribution in [0.3, 0.4) is 0 Å². The van der Waals surface area contributed by atoms with Crippen molar-refractivity contribution < 1.29 is 9.21 Å². The number of benzene rings is 2. The lowest BCUT2D eigenvalue weighted by molar-refractivity contribution is -0.129. The molecule has 2 aromatic carbocycles. The van der Waals surface area contributed by atoms with Crippen molar-refractivity contribution in [2.75, 3.05) is 11.9 Å². The van der Waals surface area contributed by atoms with Crippen molar-refractivity contribution in [3.63, 3.8) is 0 Å². The van der Waals surface area contributed by atoms with Gasteiger partial charge in [-0.1, -0.05) is 23.7 Å². The van der Waals surface area contributed by atoms with Gasteiger partial charge in [0.1, 0.15) is 0 Å². The van der Waals surface area contributed by atoms with E-state index in [-0.39, 0.29) is 5.91 Å². The zero-order valence-electron chi connectivity index (χ0n) is 15.4. The monoisotopic (exact) mass is 383 g/mol. The molecule has 3 aromatic rings. The van der Waals surface area contributed by atoms with E-state index in [2.05, 4.69) is 10.3 Å². The number of aromatic nitrogens is 1. The van der Waals surface area contributed by atoms with Gasteiger partial charge in [0.2, 0.25) is 11.8 Å². The van der Waals surface area contributed by atoms with Crippen LogP contribution in [0.25, 0.3) is 11.3 Å². The molecule has 3 rings (SSSR count). The van der Waals surface area contributed by atoms with Crippen molar-refractivity contribution in [2.45, 2.75) is 26.9 Å². The molecule has 27 heavy (non-hydrogen) atoms. The maximum atomic E-state index is 11.6. The smallest absolute Gasteiger partial charge is 0.219 e. The molecule has 1 aromatic heterocycles. The minimum absolute atomic E-state index is 0.0744. The number of rotatable bonds is 7. The molecule has 0 saturated carbocycles. The van der Waals surface area contributed by atoms with Crippen molar-refractivity contribution in [3.05, 3.63) is 71.2 Å². The Labute approximate surface area is 164 Å². The SMILES string of the molecule is CCN(Cc1cccc(NCc2ncc(-c3ccc(Cl)cc3)o2)c1)C(C)=O. The molecule has 0 saturated heterocycles. The Morgan fingerprint density at radius 2 is 2.00 bits per heavy atom. The fourth-order valence-corrected chi connectivity index (χ4v) is 2.89. The molecular weight excluding hydrogens is 362 g/mol. The molecule has 0 radical (unpaired) electrons. The third kappa shape index (κ3) is 5.11. The molecule has 0 spiro atoms. The number of halogens is 1. The molecular formula is C21H22ClN3O2. The average molecular weight is 384 g/mol. The second kappa shape index (κ2) is 8.73. The number of anilines is 1. The van der Waals surface area contributed by atoms with Gasteiger partial charge >= 0.3 is 0 Å². The predicted molar refractivity (Wildman–Crippen MR) is 107 cm³/mol. The van der Waals surface area contributed by atoms with Crippen molar-refractivity contribution in [1.82, 2.24) is 9.88 Å². The predicted octanol–water partition coefficient (Wildman–Crippen LogP) is 4.98. The van der Waals surface area contributed by atoms with Gasteiger partial charge in [-0.05, 0) is 48.9 Å².